The summed E-state index contributed by atoms with van der Waals surface area (Å²) in [5, 5.41) is 12.8. The SMILES string of the molecule is Cc1nnc2ccc(N3CCN(c4nc5ccccc5o4)CC3)nn12. The summed E-state index contributed by atoms with van der Waals surface area (Å²) in [5.41, 5.74) is 2.50. The number of hydrogen-bond donors (Lipinski definition) is 0. The second kappa shape index (κ2) is 5.44. The third kappa shape index (κ3) is 2.37. The average molecular weight is 335 g/mol. The van der Waals surface area contributed by atoms with Crippen LogP contribution in [0.4, 0.5) is 11.8 Å². The maximum atomic E-state index is 5.87. The first-order chi connectivity index (χ1) is 12.3. The minimum atomic E-state index is 0.693. The monoisotopic (exact) mass is 335 g/mol. The second-order valence-electron chi connectivity index (χ2n) is 6.15. The van der Waals surface area contributed by atoms with Gasteiger partial charge in [-0.1, -0.05) is 12.1 Å². The Morgan fingerprint density at radius 3 is 2.56 bits per heavy atom. The number of anilines is 2. The number of oxazole rings is 1. The Balaban J connectivity index is 1.35. The molecule has 0 amide bonds. The molecule has 8 nitrogen and oxygen atoms in total. The summed E-state index contributed by atoms with van der Waals surface area (Å²) < 4.78 is 7.65. The molecule has 126 valence electrons. The Morgan fingerprint density at radius 1 is 0.920 bits per heavy atom. The lowest BCUT2D eigenvalue weighted by Crippen LogP contribution is -2.47. The first kappa shape index (κ1) is 14.2. The molecule has 1 aliphatic heterocycles. The van der Waals surface area contributed by atoms with Crippen LogP contribution in [-0.4, -0.2) is 51.0 Å². The summed E-state index contributed by atoms with van der Waals surface area (Å²) >= 11 is 0. The van der Waals surface area contributed by atoms with E-state index in [0.717, 1.165) is 54.6 Å². The molecule has 3 aromatic heterocycles. The molecular weight excluding hydrogens is 318 g/mol. The quantitative estimate of drug-likeness (QED) is 0.554. The summed E-state index contributed by atoms with van der Waals surface area (Å²) in [5.74, 6) is 1.73. The summed E-state index contributed by atoms with van der Waals surface area (Å²) in [4.78, 5) is 9.03. The molecule has 0 atom stereocenters. The van der Waals surface area contributed by atoms with E-state index in [4.69, 9.17) is 4.42 Å². The standard InChI is InChI=1S/C17H17N7O/c1-12-19-20-15-6-7-16(21-24(12)15)22-8-10-23(11-9-22)17-18-13-4-2-3-5-14(13)25-17/h2-7H,8-11H2,1H3. The van der Waals surface area contributed by atoms with E-state index in [9.17, 15) is 0 Å². The summed E-state index contributed by atoms with van der Waals surface area (Å²) in [7, 11) is 0. The van der Waals surface area contributed by atoms with Gasteiger partial charge in [0.25, 0.3) is 6.01 Å². The predicted octanol–water partition coefficient (Wildman–Crippen LogP) is 1.90. The van der Waals surface area contributed by atoms with Gasteiger partial charge in [0.2, 0.25) is 0 Å². The fourth-order valence-electron chi connectivity index (χ4n) is 3.18. The van der Waals surface area contributed by atoms with Crippen molar-refractivity contribution in [2.24, 2.45) is 0 Å². The summed E-state index contributed by atoms with van der Waals surface area (Å²) in [6.07, 6.45) is 0. The molecule has 0 bridgehead atoms. The van der Waals surface area contributed by atoms with Gasteiger partial charge in [0.15, 0.2) is 17.1 Å². The van der Waals surface area contributed by atoms with E-state index >= 15 is 0 Å². The highest BCUT2D eigenvalue weighted by Gasteiger charge is 2.22. The lowest BCUT2D eigenvalue weighted by molar-refractivity contribution is 0.539. The lowest BCUT2D eigenvalue weighted by Gasteiger charge is -2.34. The zero-order valence-corrected chi connectivity index (χ0v) is 13.8. The highest BCUT2D eigenvalue weighted by Crippen LogP contribution is 2.23. The maximum Gasteiger partial charge on any atom is 0.298 e. The Morgan fingerprint density at radius 2 is 1.72 bits per heavy atom. The van der Waals surface area contributed by atoms with Gasteiger partial charge in [-0.25, -0.2) is 0 Å². The van der Waals surface area contributed by atoms with E-state index in [2.05, 4.69) is 30.1 Å². The molecule has 0 spiro atoms. The molecule has 0 N–H and O–H groups in total. The first-order valence-electron chi connectivity index (χ1n) is 8.32. The summed E-state index contributed by atoms with van der Waals surface area (Å²) in [6, 6.07) is 12.5. The molecule has 1 fully saturated rings. The van der Waals surface area contributed by atoms with Crippen molar-refractivity contribution in [3.63, 3.8) is 0 Å². The number of para-hydroxylation sites is 2. The van der Waals surface area contributed by atoms with Gasteiger partial charge in [-0.05, 0) is 31.2 Å². The topological polar surface area (TPSA) is 75.6 Å². The number of hydrogen-bond acceptors (Lipinski definition) is 7. The molecule has 5 rings (SSSR count). The van der Waals surface area contributed by atoms with E-state index in [0.29, 0.717) is 6.01 Å². The van der Waals surface area contributed by atoms with Crippen LogP contribution in [0.15, 0.2) is 40.8 Å². The van der Waals surface area contributed by atoms with Crippen LogP contribution in [-0.2, 0) is 0 Å². The van der Waals surface area contributed by atoms with Crippen LogP contribution >= 0.6 is 0 Å². The van der Waals surface area contributed by atoms with Gasteiger partial charge in [-0.2, -0.15) is 9.50 Å². The number of aryl methyl sites for hydroxylation is 1. The molecule has 25 heavy (non-hydrogen) atoms. The molecule has 0 unspecified atom stereocenters. The Labute approximate surface area is 143 Å². The van der Waals surface area contributed by atoms with Crippen molar-refractivity contribution in [3.05, 3.63) is 42.2 Å². The van der Waals surface area contributed by atoms with Gasteiger partial charge in [-0.3, -0.25) is 0 Å². The maximum absolute atomic E-state index is 5.87. The molecular formula is C17H17N7O. The van der Waals surface area contributed by atoms with Crippen molar-refractivity contribution in [2.75, 3.05) is 36.0 Å². The van der Waals surface area contributed by atoms with Crippen LogP contribution in [0.1, 0.15) is 5.82 Å². The third-order valence-electron chi connectivity index (χ3n) is 4.56. The van der Waals surface area contributed by atoms with Crippen molar-refractivity contribution in [1.29, 1.82) is 0 Å². The van der Waals surface area contributed by atoms with Crippen molar-refractivity contribution in [2.45, 2.75) is 6.92 Å². The van der Waals surface area contributed by atoms with Crippen LogP contribution in [0, 0.1) is 6.92 Å². The smallest absolute Gasteiger partial charge is 0.298 e. The fourth-order valence-corrected chi connectivity index (χ4v) is 3.18. The average Bonchev–Trinajstić information content (AvgIpc) is 3.25. The molecule has 4 heterocycles. The largest absolute Gasteiger partial charge is 0.423 e. The van der Waals surface area contributed by atoms with Crippen LogP contribution in [0.2, 0.25) is 0 Å². The number of aromatic nitrogens is 5. The van der Waals surface area contributed by atoms with E-state index in [1.54, 1.807) is 4.52 Å². The van der Waals surface area contributed by atoms with Gasteiger partial charge in [0.1, 0.15) is 11.3 Å². The zero-order chi connectivity index (χ0) is 16.8. The third-order valence-corrected chi connectivity index (χ3v) is 4.56. The number of nitrogens with zero attached hydrogens (tertiary/aromatic N) is 7. The molecule has 1 saturated heterocycles. The molecule has 0 aliphatic carbocycles. The van der Waals surface area contributed by atoms with Crippen LogP contribution in [0.25, 0.3) is 16.7 Å². The number of benzene rings is 1. The fraction of sp³-hybridized carbons (Fsp3) is 0.294. The van der Waals surface area contributed by atoms with E-state index < -0.39 is 0 Å². The highest BCUT2D eigenvalue weighted by atomic mass is 16.4. The van der Waals surface area contributed by atoms with Crippen molar-refractivity contribution >= 4 is 28.6 Å². The Hall–Kier alpha value is -3.16. The molecule has 8 heteroatoms. The molecule has 4 aromatic rings. The first-order valence-corrected chi connectivity index (χ1v) is 8.32. The van der Waals surface area contributed by atoms with Crippen molar-refractivity contribution < 1.29 is 4.42 Å². The van der Waals surface area contributed by atoms with Crippen LogP contribution in [0.3, 0.4) is 0 Å². The molecule has 0 radical (unpaired) electrons. The molecule has 0 saturated carbocycles. The number of rotatable bonds is 2. The lowest BCUT2D eigenvalue weighted by atomic mass is 10.3. The Kier molecular flexibility index (Phi) is 3.09. The van der Waals surface area contributed by atoms with Gasteiger partial charge >= 0.3 is 0 Å². The minimum Gasteiger partial charge on any atom is -0.423 e. The number of piperazine rings is 1. The zero-order valence-electron chi connectivity index (χ0n) is 13.8. The van der Waals surface area contributed by atoms with Crippen LogP contribution < -0.4 is 9.80 Å². The number of fused-ring (bicyclic) bond motifs is 2. The van der Waals surface area contributed by atoms with Crippen molar-refractivity contribution in [3.8, 4) is 0 Å². The molecule has 1 aliphatic rings. The van der Waals surface area contributed by atoms with E-state index in [1.165, 1.54) is 0 Å². The molecule has 1 aromatic carbocycles. The highest BCUT2D eigenvalue weighted by molar-refractivity contribution is 5.74. The van der Waals surface area contributed by atoms with E-state index in [1.807, 2.05) is 43.3 Å². The van der Waals surface area contributed by atoms with E-state index in [-0.39, 0.29) is 0 Å². The predicted molar refractivity (Wildman–Crippen MR) is 94.0 cm³/mol. The normalized spacial score (nSPS) is 15.4. The van der Waals surface area contributed by atoms with Crippen molar-refractivity contribution in [1.82, 2.24) is 24.8 Å². The Bertz CT molecular complexity index is 1010. The van der Waals surface area contributed by atoms with Gasteiger partial charge in [-0.15, -0.1) is 15.3 Å². The van der Waals surface area contributed by atoms with Gasteiger partial charge in [0, 0.05) is 26.2 Å². The van der Waals surface area contributed by atoms with Gasteiger partial charge in [0.05, 0.1) is 0 Å². The van der Waals surface area contributed by atoms with Crippen LogP contribution in [0.5, 0.6) is 0 Å². The minimum absolute atomic E-state index is 0.693. The van der Waals surface area contributed by atoms with Gasteiger partial charge < -0.3 is 14.2 Å². The summed E-state index contributed by atoms with van der Waals surface area (Å²) in [6.45, 7) is 5.31. The second-order valence-corrected chi connectivity index (χ2v) is 6.15.